The van der Waals surface area contributed by atoms with E-state index < -0.39 is 5.97 Å². The molecule has 6 heteroatoms. The smallest absolute Gasteiger partial charge is 0.377 e. The molecule has 1 aliphatic heterocycles. The molecule has 0 N–H and O–H groups in total. The molecule has 1 aliphatic rings. The van der Waals surface area contributed by atoms with Crippen LogP contribution >= 0.6 is 0 Å². The number of rotatable bonds is 2. The molecule has 3 aromatic rings. The highest BCUT2D eigenvalue weighted by atomic mass is 16.5. The monoisotopic (exact) mass is 306 g/mol. The Balaban J connectivity index is 1.87. The minimum atomic E-state index is -0.532. The lowest BCUT2D eigenvalue weighted by Crippen LogP contribution is -2.25. The molecule has 0 saturated carbocycles. The van der Waals surface area contributed by atoms with E-state index in [9.17, 15) is 4.79 Å². The molecule has 0 amide bonds. The van der Waals surface area contributed by atoms with Crippen LogP contribution in [0.15, 0.2) is 54.6 Å². The van der Waals surface area contributed by atoms with E-state index in [1.807, 2.05) is 54.6 Å². The fourth-order valence-electron chi connectivity index (χ4n) is 2.75. The summed E-state index contributed by atoms with van der Waals surface area (Å²) >= 11 is 0. The fraction of sp³-hybridized carbons (Fsp3) is 0.118. The van der Waals surface area contributed by atoms with Crippen LogP contribution in [0.25, 0.3) is 5.69 Å². The number of para-hydroxylation sites is 3. The van der Waals surface area contributed by atoms with Gasteiger partial charge in [0.2, 0.25) is 0 Å². The highest BCUT2D eigenvalue weighted by molar-refractivity contribution is 5.85. The second kappa shape index (κ2) is 5.24. The number of esters is 1. The molecule has 1 aromatic heterocycles. The third-order valence-electron chi connectivity index (χ3n) is 3.81. The minimum absolute atomic E-state index is 0.0761. The lowest BCUT2D eigenvalue weighted by molar-refractivity contribution is 0.0587. The van der Waals surface area contributed by atoms with Gasteiger partial charge in [-0.3, -0.25) is 0 Å². The molecule has 2 heterocycles. The van der Waals surface area contributed by atoms with Gasteiger partial charge in [-0.1, -0.05) is 30.3 Å². The molecular formula is C17H14N4O2. The maximum absolute atomic E-state index is 11.7. The third-order valence-corrected chi connectivity index (χ3v) is 3.81. The number of hydrogen-bond donors (Lipinski definition) is 0. The van der Waals surface area contributed by atoms with Gasteiger partial charge in [0.1, 0.15) is 0 Å². The summed E-state index contributed by atoms with van der Waals surface area (Å²) in [6, 6.07) is 18.0. The van der Waals surface area contributed by atoms with Crippen molar-refractivity contribution in [1.82, 2.24) is 14.8 Å². The van der Waals surface area contributed by atoms with Crippen molar-refractivity contribution in [3.05, 3.63) is 66.2 Å². The zero-order chi connectivity index (χ0) is 15.8. The molecule has 0 spiro atoms. The number of hydrogen-bond acceptors (Lipinski definition) is 5. The van der Waals surface area contributed by atoms with Crippen LogP contribution in [0.1, 0.15) is 16.4 Å². The van der Waals surface area contributed by atoms with Crippen LogP contribution in [-0.4, -0.2) is 27.8 Å². The highest BCUT2D eigenvalue weighted by Crippen LogP contribution is 2.36. The van der Waals surface area contributed by atoms with Crippen LogP contribution in [0, 0.1) is 0 Å². The number of anilines is 2. The molecule has 23 heavy (non-hydrogen) atoms. The topological polar surface area (TPSA) is 60.2 Å². The Bertz CT molecular complexity index is 873. The zero-order valence-electron chi connectivity index (χ0n) is 12.5. The number of ether oxygens (including phenoxy) is 1. The Morgan fingerprint density at radius 2 is 1.74 bits per heavy atom. The van der Waals surface area contributed by atoms with Crippen LogP contribution in [0.4, 0.5) is 11.4 Å². The molecule has 0 radical (unpaired) electrons. The summed E-state index contributed by atoms with van der Waals surface area (Å²) in [5.74, 6) is 0.246. The van der Waals surface area contributed by atoms with Crippen LogP contribution in [0.2, 0.25) is 0 Å². The van der Waals surface area contributed by atoms with Gasteiger partial charge in [-0.25, -0.2) is 14.5 Å². The van der Waals surface area contributed by atoms with Crippen LogP contribution < -0.4 is 4.90 Å². The van der Waals surface area contributed by atoms with Crippen molar-refractivity contribution in [2.75, 3.05) is 12.0 Å². The molecule has 114 valence electrons. The number of carbonyl (C=O) groups is 1. The van der Waals surface area contributed by atoms with Gasteiger partial charge in [-0.2, -0.15) is 0 Å². The van der Waals surface area contributed by atoms with Gasteiger partial charge in [-0.05, 0) is 24.3 Å². The predicted molar refractivity (Wildman–Crippen MR) is 85.0 cm³/mol. The summed E-state index contributed by atoms with van der Waals surface area (Å²) in [6.45, 7) is 0.533. The maximum Gasteiger partial charge on any atom is 0.377 e. The largest absolute Gasteiger partial charge is 0.463 e. The zero-order valence-corrected chi connectivity index (χ0v) is 12.5. The van der Waals surface area contributed by atoms with Crippen LogP contribution in [0.3, 0.4) is 0 Å². The quantitative estimate of drug-likeness (QED) is 0.681. The summed E-state index contributed by atoms with van der Waals surface area (Å²) in [4.78, 5) is 18.2. The molecule has 0 saturated heterocycles. The number of fused-ring (bicyclic) bond motifs is 3. The number of benzene rings is 2. The van der Waals surface area contributed by atoms with Gasteiger partial charge in [0.25, 0.3) is 5.82 Å². The van der Waals surface area contributed by atoms with E-state index >= 15 is 0 Å². The fourth-order valence-corrected chi connectivity index (χ4v) is 2.75. The van der Waals surface area contributed by atoms with Crippen molar-refractivity contribution >= 4 is 17.3 Å². The number of carbonyl (C=O) groups excluding carboxylic acids is 1. The number of nitrogens with zero attached hydrogens (tertiary/aromatic N) is 4. The first-order chi connectivity index (χ1) is 11.3. The molecule has 4 rings (SSSR count). The van der Waals surface area contributed by atoms with E-state index in [-0.39, 0.29) is 5.82 Å². The number of aromatic nitrogens is 3. The van der Waals surface area contributed by atoms with Crippen molar-refractivity contribution < 1.29 is 9.53 Å². The van der Waals surface area contributed by atoms with Crippen molar-refractivity contribution in [2.24, 2.45) is 0 Å². The molecule has 0 atom stereocenters. The van der Waals surface area contributed by atoms with Crippen molar-refractivity contribution in [2.45, 2.75) is 6.54 Å². The Morgan fingerprint density at radius 3 is 2.48 bits per heavy atom. The lowest BCUT2D eigenvalue weighted by Gasteiger charge is -2.30. The molecule has 0 unspecified atom stereocenters. The molecule has 6 nitrogen and oxygen atoms in total. The van der Waals surface area contributed by atoms with E-state index in [0.29, 0.717) is 12.4 Å². The van der Waals surface area contributed by atoms with E-state index in [1.165, 1.54) is 7.11 Å². The molecule has 0 bridgehead atoms. The second-order valence-electron chi connectivity index (χ2n) is 5.17. The van der Waals surface area contributed by atoms with E-state index in [1.54, 1.807) is 4.68 Å². The number of methoxy groups -OCH3 is 1. The summed E-state index contributed by atoms with van der Waals surface area (Å²) in [7, 11) is 1.33. The van der Waals surface area contributed by atoms with Crippen molar-refractivity contribution in [1.29, 1.82) is 0 Å². The van der Waals surface area contributed by atoms with Gasteiger partial charge in [0.05, 0.1) is 25.0 Å². The minimum Gasteiger partial charge on any atom is -0.463 e. The lowest BCUT2D eigenvalue weighted by atomic mass is 10.1. The van der Waals surface area contributed by atoms with E-state index in [0.717, 1.165) is 17.1 Å². The molecule has 2 aromatic carbocycles. The van der Waals surface area contributed by atoms with Gasteiger partial charge < -0.3 is 9.64 Å². The van der Waals surface area contributed by atoms with Crippen molar-refractivity contribution in [3.8, 4) is 5.69 Å². The first-order valence-electron chi connectivity index (χ1n) is 7.24. The third kappa shape index (κ3) is 2.15. The summed E-state index contributed by atoms with van der Waals surface area (Å²) in [5.41, 5.74) is 2.97. The van der Waals surface area contributed by atoms with Gasteiger partial charge in [0.15, 0.2) is 5.82 Å². The first-order valence-corrected chi connectivity index (χ1v) is 7.24. The van der Waals surface area contributed by atoms with Crippen LogP contribution in [0.5, 0.6) is 0 Å². The maximum atomic E-state index is 11.7. The summed E-state index contributed by atoms with van der Waals surface area (Å²) in [5, 5.41) is 4.30. The Morgan fingerprint density at radius 1 is 1.04 bits per heavy atom. The Kier molecular flexibility index (Phi) is 3.08. The molecular weight excluding hydrogens is 292 g/mol. The highest BCUT2D eigenvalue weighted by Gasteiger charge is 2.27. The predicted octanol–water partition coefficient (Wildman–Crippen LogP) is 2.71. The SMILES string of the molecule is COC(=O)c1nc2n(n1)-c1ccccc1N(c1ccccc1)C2. The average Bonchev–Trinajstić information content (AvgIpc) is 3.05. The molecule has 0 aliphatic carbocycles. The van der Waals surface area contributed by atoms with E-state index in [4.69, 9.17) is 4.74 Å². The Labute approximate surface area is 132 Å². The standard InChI is InChI=1S/C17H14N4O2/c1-23-17(22)16-18-15-11-20(12-7-3-2-4-8-12)13-9-5-6-10-14(13)21(15)19-16/h2-10H,11H2,1H3. The van der Waals surface area contributed by atoms with Crippen LogP contribution in [-0.2, 0) is 11.3 Å². The van der Waals surface area contributed by atoms with Crippen molar-refractivity contribution in [3.63, 3.8) is 0 Å². The second-order valence-corrected chi connectivity index (χ2v) is 5.17. The average molecular weight is 306 g/mol. The summed E-state index contributed by atoms with van der Waals surface area (Å²) in [6.07, 6.45) is 0. The summed E-state index contributed by atoms with van der Waals surface area (Å²) < 4.78 is 6.43. The van der Waals surface area contributed by atoms with Gasteiger partial charge in [0, 0.05) is 5.69 Å². The van der Waals surface area contributed by atoms with E-state index in [2.05, 4.69) is 15.0 Å². The molecule has 0 fully saturated rings. The van der Waals surface area contributed by atoms with Gasteiger partial charge >= 0.3 is 5.97 Å². The normalized spacial score (nSPS) is 12.5. The van der Waals surface area contributed by atoms with Gasteiger partial charge in [-0.15, -0.1) is 5.10 Å². The first kappa shape index (κ1) is 13.5. The Hall–Kier alpha value is -3.15.